The van der Waals surface area contributed by atoms with Gasteiger partial charge in [-0.2, -0.15) is 0 Å². The highest BCUT2D eigenvalue weighted by atomic mass is 15.2. The average Bonchev–Trinajstić information content (AvgIpc) is 2.79. The van der Waals surface area contributed by atoms with Gasteiger partial charge in [0, 0.05) is 37.7 Å². The predicted octanol–water partition coefficient (Wildman–Crippen LogP) is 1.48. The Hall–Kier alpha value is -1.81. The SMILES string of the molecule is Nc1ccc(CN2CCn3ccnc3C2)cc1. The van der Waals surface area contributed by atoms with Crippen LogP contribution in [0.3, 0.4) is 0 Å². The van der Waals surface area contributed by atoms with Gasteiger partial charge in [0.15, 0.2) is 0 Å². The minimum atomic E-state index is 0.822. The van der Waals surface area contributed by atoms with E-state index in [9.17, 15) is 0 Å². The zero-order valence-corrected chi connectivity index (χ0v) is 9.71. The average molecular weight is 228 g/mol. The van der Waals surface area contributed by atoms with Crippen LogP contribution in [0.5, 0.6) is 0 Å². The fourth-order valence-corrected chi connectivity index (χ4v) is 2.24. The number of aromatic nitrogens is 2. The van der Waals surface area contributed by atoms with Crippen LogP contribution < -0.4 is 5.73 Å². The highest BCUT2D eigenvalue weighted by molar-refractivity contribution is 5.39. The molecule has 0 amide bonds. The van der Waals surface area contributed by atoms with Gasteiger partial charge in [-0.15, -0.1) is 0 Å². The van der Waals surface area contributed by atoms with Gasteiger partial charge in [-0.1, -0.05) is 12.1 Å². The number of nitrogens with zero attached hydrogens (tertiary/aromatic N) is 3. The van der Waals surface area contributed by atoms with Crippen LogP contribution in [0.15, 0.2) is 36.7 Å². The number of anilines is 1. The maximum Gasteiger partial charge on any atom is 0.122 e. The quantitative estimate of drug-likeness (QED) is 0.792. The van der Waals surface area contributed by atoms with Crippen molar-refractivity contribution in [3.05, 3.63) is 48.0 Å². The number of benzene rings is 1. The summed E-state index contributed by atoms with van der Waals surface area (Å²) in [7, 11) is 0. The number of imidazole rings is 1. The van der Waals surface area contributed by atoms with E-state index in [1.165, 1.54) is 5.56 Å². The fraction of sp³-hybridized carbons (Fsp3) is 0.308. The molecule has 2 aromatic rings. The smallest absolute Gasteiger partial charge is 0.122 e. The lowest BCUT2D eigenvalue weighted by Gasteiger charge is -2.27. The van der Waals surface area contributed by atoms with Gasteiger partial charge in [0.05, 0.1) is 6.54 Å². The van der Waals surface area contributed by atoms with Crippen molar-refractivity contribution in [2.24, 2.45) is 0 Å². The highest BCUT2D eigenvalue weighted by Crippen LogP contribution is 2.14. The van der Waals surface area contributed by atoms with Crippen LogP contribution in [0.1, 0.15) is 11.4 Å². The zero-order chi connectivity index (χ0) is 11.7. The molecule has 0 saturated carbocycles. The highest BCUT2D eigenvalue weighted by Gasteiger charge is 2.16. The second-order valence-electron chi connectivity index (χ2n) is 4.49. The van der Waals surface area contributed by atoms with Gasteiger partial charge in [0.25, 0.3) is 0 Å². The van der Waals surface area contributed by atoms with Crippen molar-refractivity contribution in [2.45, 2.75) is 19.6 Å². The van der Waals surface area contributed by atoms with E-state index in [0.29, 0.717) is 0 Å². The summed E-state index contributed by atoms with van der Waals surface area (Å²) in [4.78, 5) is 6.77. The maximum atomic E-state index is 5.68. The topological polar surface area (TPSA) is 47.1 Å². The molecule has 17 heavy (non-hydrogen) atoms. The number of hydrogen-bond donors (Lipinski definition) is 1. The van der Waals surface area contributed by atoms with Crippen molar-refractivity contribution >= 4 is 5.69 Å². The first-order chi connectivity index (χ1) is 8.31. The zero-order valence-electron chi connectivity index (χ0n) is 9.71. The number of nitrogens with two attached hydrogens (primary N) is 1. The van der Waals surface area contributed by atoms with Crippen LogP contribution in [0, 0.1) is 0 Å². The minimum Gasteiger partial charge on any atom is -0.399 e. The Morgan fingerprint density at radius 2 is 2.00 bits per heavy atom. The van der Waals surface area contributed by atoms with E-state index in [2.05, 4.69) is 32.8 Å². The van der Waals surface area contributed by atoms with Gasteiger partial charge in [-0.3, -0.25) is 4.90 Å². The Morgan fingerprint density at radius 3 is 2.82 bits per heavy atom. The molecule has 1 aliphatic heterocycles. The summed E-state index contributed by atoms with van der Waals surface area (Å²) in [6.45, 7) is 4.00. The van der Waals surface area contributed by atoms with Gasteiger partial charge < -0.3 is 10.3 Å². The predicted molar refractivity (Wildman–Crippen MR) is 67.2 cm³/mol. The summed E-state index contributed by atoms with van der Waals surface area (Å²) in [5.41, 5.74) is 7.81. The van der Waals surface area contributed by atoms with Crippen molar-refractivity contribution in [1.29, 1.82) is 0 Å². The molecular weight excluding hydrogens is 212 g/mol. The Bertz CT molecular complexity index is 500. The summed E-state index contributed by atoms with van der Waals surface area (Å²) in [5, 5.41) is 0. The van der Waals surface area contributed by atoms with Crippen LogP contribution in [0.4, 0.5) is 5.69 Å². The van der Waals surface area contributed by atoms with Crippen LogP contribution in [-0.4, -0.2) is 21.0 Å². The molecule has 0 saturated heterocycles. The van der Waals surface area contributed by atoms with Gasteiger partial charge >= 0.3 is 0 Å². The van der Waals surface area contributed by atoms with E-state index >= 15 is 0 Å². The molecule has 0 atom stereocenters. The van der Waals surface area contributed by atoms with E-state index in [4.69, 9.17) is 5.73 Å². The van der Waals surface area contributed by atoms with E-state index < -0.39 is 0 Å². The largest absolute Gasteiger partial charge is 0.399 e. The summed E-state index contributed by atoms with van der Waals surface area (Å²) >= 11 is 0. The van der Waals surface area contributed by atoms with E-state index in [-0.39, 0.29) is 0 Å². The van der Waals surface area contributed by atoms with Crippen molar-refractivity contribution in [3.63, 3.8) is 0 Å². The number of rotatable bonds is 2. The Labute approximate surface area is 101 Å². The fourth-order valence-electron chi connectivity index (χ4n) is 2.24. The first kappa shape index (κ1) is 10.4. The lowest BCUT2D eigenvalue weighted by Crippen LogP contribution is -2.33. The van der Waals surface area contributed by atoms with Gasteiger partial charge in [-0.05, 0) is 17.7 Å². The van der Waals surface area contributed by atoms with E-state index in [1.54, 1.807) is 0 Å². The molecule has 1 aliphatic rings. The third-order valence-corrected chi connectivity index (χ3v) is 3.21. The van der Waals surface area contributed by atoms with Crippen LogP contribution in [0.25, 0.3) is 0 Å². The molecule has 0 unspecified atom stereocenters. The molecule has 0 aliphatic carbocycles. The lowest BCUT2D eigenvalue weighted by molar-refractivity contribution is 0.209. The third kappa shape index (κ3) is 2.17. The number of hydrogen-bond acceptors (Lipinski definition) is 3. The molecule has 1 aromatic carbocycles. The Morgan fingerprint density at radius 1 is 1.18 bits per heavy atom. The summed E-state index contributed by atoms with van der Waals surface area (Å²) in [6.07, 6.45) is 3.93. The van der Waals surface area contributed by atoms with Crippen LogP contribution in [0.2, 0.25) is 0 Å². The van der Waals surface area contributed by atoms with Crippen molar-refractivity contribution in [3.8, 4) is 0 Å². The van der Waals surface area contributed by atoms with Gasteiger partial charge in [0.1, 0.15) is 5.82 Å². The van der Waals surface area contributed by atoms with Gasteiger partial charge in [0.2, 0.25) is 0 Å². The molecule has 4 nitrogen and oxygen atoms in total. The number of fused-ring (bicyclic) bond motifs is 1. The molecule has 0 spiro atoms. The van der Waals surface area contributed by atoms with Crippen molar-refractivity contribution in [2.75, 3.05) is 12.3 Å². The van der Waals surface area contributed by atoms with Crippen molar-refractivity contribution in [1.82, 2.24) is 14.5 Å². The molecule has 4 heteroatoms. The van der Waals surface area contributed by atoms with Gasteiger partial charge in [-0.25, -0.2) is 4.98 Å². The molecule has 88 valence electrons. The standard InChI is InChI=1S/C13H16N4/c14-12-3-1-11(2-4-12)9-16-7-8-17-6-5-15-13(17)10-16/h1-6H,7-10,14H2. The molecule has 1 aromatic heterocycles. The maximum absolute atomic E-state index is 5.68. The molecule has 2 heterocycles. The van der Waals surface area contributed by atoms with Crippen LogP contribution >= 0.6 is 0 Å². The molecule has 2 N–H and O–H groups in total. The van der Waals surface area contributed by atoms with E-state index in [1.807, 2.05) is 18.3 Å². The molecule has 0 fully saturated rings. The Balaban J connectivity index is 1.69. The van der Waals surface area contributed by atoms with E-state index in [0.717, 1.165) is 37.7 Å². The Kier molecular flexibility index (Phi) is 2.57. The summed E-state index contributed by atoms with van der Waals surface area (Å²) in [5.74, 6) is 1.16. The third-order valence-electron chi connectivity index (χ3n) is 3.21. The monoisotopic (exact) mass is 228 g/mol. The second kappa shape index (κ2) is 4.22. The minimum absolute atomic E-state index is 0.822. The molecule has 0 radical (unpaired) electrons. The van der Waals surface area contributed by atoms with Crippen molar-refractivity contribution < 1.29 is 0 Å². The first-order valence-electron chi connectivity index (χ1n) is 5.88. The first-order valence-corrected chi connectivity index (χ1v) is 5.88. The molecule has 3 rings (SSSR count). The summed E-state index contributed by atoms with van der Waals surface area (Å²) in [6, 6.07) is 8.10. The van der Waals surface area contributed by atoms with Crippen LogP contribution in [-0.2, 0) is 19.6 Å². The lowest BCUT2D eigenvalue weighted by atomic mass is 10.2. The summed E-state index contributed by atoms with van der Waals surface area (Å²) < 4.78 is 2.22. The second-order valence-corrected chi connectivity index (χ2v) is 4.49. The normalized spacial score (nSPS) is 15.8. The molecular formula is C13H16N4. The number of nitrogen functional groups attached to an aromatic ring is 1. The molecule has 0 bridgehead atoms.